The van der Waals surface area contributed by atoms with Crippen molar-refractivity contribution in [2.45, 2.75) is 0 Å². The summed E-state index contributed by atoms with van der Waals surface area (Å²) in [7, 11) is 0. The molecule has 8 heteroatoms. The molecule has 0 heterocycles. The van der Waals surface area contributed by atoms with E-state index in [9.17, 15) is 19.2 Å². The molecule has 4 rings (SSSR count). The van der Waals surface area contributed by atoms with Gasteiger partial charge >= 0.3 is 0 Å². The summed E-state index contributed by atoms with van der Waals surface area (Å²) in [6.07, 6.45) is 0. The van der Waals surface area contributed by atoms with Crippen molar-refractivity contribution in [1.82, 2.24) is 21.7 Å². The molecule has 0 radical (unpaired) electrons. The fraction of sp³-hybridized carbons (Fsp3) is 0. The fourth-order valence-electron chi connectivity index (χ4n) is 3.53. The average molecular weight is 479 g/mol. The molecule has 0 bridgehead atoms. The molecule has 4 aromatic carbocycles. The molecule has 0 unspecified atom stereocenters. The molecule has 8 nitrogen and oxygen atoms in total. The molecule has 36 heavy (non-hydrogen) atoms. The van der Waals surface area contributed by atoms with Gasteiger partial charge in [-0.05, 0) is 42.0 Å². The summed E-state index contributed by atoms with van der Waals surface area (Å²) in [5, 5.41) is 0. The Morgan fingerprint density at radius 3 is 1.17 bits per heavy atom. The number of benzene rings is 4. The first-order valence-electron chi connectivity index (χ1n) is 11.0. The second-order valence-corrected chi connectivity index (χ2v) is 7.64. The van der Waals surface area contributed by atoms with Gasteiger partial charge in [0.15, 0.2) is 0 Å². The van der Waals surface area contributed by atoms with E-state index in [-0.39, 0.29) is 11.1 Å². The predicted octanol–water partition coefficient (Wildman–Crippen LogP) is 3.50. The lowest BCUT2D eigenvalue weighted by molar-refractivity contribution is 0.0843. The van der Waals surface area contributed by atoms with Crippen LogP contribution in [0.2, 0.25) is 0 Å². The number of nitrogens with one attached hydrogen (secondary N) is 4. The van der Waals surface area contributed by atoms with Crippen LogP contribution in [-0.4, -0.2) is 23.6 Å². The van der Waals surface area contributed by atoms with Crippen molar-refractivity contribution in [1.29, 1.82) is 0 Å². The minimum atomic E-state index is -0.610. The lowest BCUT2D eigenvalue weighted by Crippen LogP contribution is -2.43. The Hall–Kier alpha value is -5.24. The third-order valence-electron chi connectivity index (χ3n) is 5.27. The van der Waals surface area contributed by atoms with E-state index in [1.165, 1.54) is 0 Å². The van der Waals surface area contributed by atoms with Crippen LogP contribution in [-0.2, 0) is 0 Å². The van der Waals surface area contributed by atoms with Crippen molar-refractivity contribution in [3.05, 3.63) is 131 Å². The Kier molecular flexibility index (Phi) is 7.47. The van der Waals surface area contributed by atoms with Crippen LogP contribution in [0.4, 0.5) is 0 Å². The van der Waals surface area contributed by atoms with Gasteiger partial charge in [-0.3, -0.25) is 40.9 Å². The Labute approximate surface area is 207 Å². The van der Waals surface area contributed by atoms with Gasteiger partial charge in [-0.25, -0.2) is 0 Å². The van der Waals surface area contributed by atoms with Crippen LogP contribution in [0.1, 0.15) is 41.4 Å². The van der Waals surface area contributed by atoms with Gasteiger partial charge in [-0.2, -0.15) is 0 Å². The van der Waals surface area contributed by atoms with Gasteiger partial charge in [-0.15, -0.1) is 0 Å². The number of carbonyl (C=O) groups excluding carboxylic acids is 4. The van der Waals surface area contributed by atoms with Crippen molar-refractivity contribution in [3.63, 3.8) is 0 Å². The van der Waals surface area contributed by atoms with E-state index in [0.717, 1.165) is 0 Å². The zero-order chi connectivity index (χ0) is 25.3. The van der Waals surface area contributed by atoms with Crippen LogP contribution in [0.25, 0.3) is 11.1 Å². The van der Waals surface area contributed by atoms with Crippen LogP contribution < -0.4 is 21.7 Å². The summed E-state index contributed by atoms with van der Waals surface area (Å²) in [6, 6.07) is 30.4. The van der Waals surface area contributed by atoms with Crippen molar-refractivity contribution >= 4 is 23.6 Å². The van der Waals surface area contributed by atoms with Crippen LogP contribution in [0.5, 0.6) is 0 Å². The maximum absolute atomic E-state index is 13.1. The molecule has 0 aliphatic carbocycles. The fourth-order valence-corrected chi connectivity index (χ4v) is 3.53. The van der Waals surface area contributed by atoms with E-state index in [0.29, 0.717) is 22.3 Å². The minimum absolute atomic E-state index is 0.164. The molecular weight excluding hydrogens is 456 g/mol. The molecule has 0 aromatic heterocycles. The van der Waals surface area contributed by atoms with E-state index < -0.39 is 23.6 Å². The SMILES string of the molecule is O=C(NNC(=O)c1cccc(C(=O)NNC(=O)c2ccccc2)c1-c1ccccc1)c1ccccc1. The Morgan fingerprint density at radius 2 is 0.750 bits per heavy atom. The summed E-state index contributed by atoms with van der Waals surface area (Å²) in [5.41, 5.74) is 11.6. The lowest BCUT2D eigenvalue weighted by atomic mass is 9.93. The van der Waals surface area contributed by atoms with Gasteiger partial charge in [0.2, 0.25) is 0 Å². The molecule has 0 spiro atoms. The molecule has 0 saturated carbocycles. The van der Waals surface area contributed by atoms with Crippen molar-refractivity contribution in [3.8, 4) is 11.1 Å². The van der Waals surface area contributed by atoms with E-state index in [1.54, 1.807) is 103 Å². The predicted molar refractivity (Wildman–Crippen MR) is 135 cm³/mol. The monoisotopic (exact) mass is 478 g/mol. The smallest absolute Gasteiger partial charge is 0.267 e. The third-order valence-corrected chi connectivity index (χ3v) is 5.27. The molecule has 4 amide bonds. The molecule has 4 aromatic rings. The summed E-state index contributed by atoms with van der Waals surface area (Å²) in [4.78, 5) is 50.8. The highest BCUT2D eigenvalue weighted by Gasteiger charge is 2.21. The molecular formula is C28H22N4O4. The first kappa shape index (κ1) is 23.9. The topological polar surface area (TPSA) is 116 Å². The second-order valence-electron chi connectivity index (χ2n) is 7.64. The number of hydrogen-bond acceptors (Lipinski definition) is 4. The van der Waals surface area contributed by atoms with Crippen LogP contribution in [0.3, 0.4) is 0 Å². The van der Waals surface area contributed by atoms with Gasteiger partial charge < -0.3 is 0 Å². The highest BCUT2D eigenvalue weighted by atomic mass is 16.2. The minimum Gasteiger partial charge on any atom is -0.267 e. The second kappa shape index (κ2) is 11.3. The average Bonchev–Trinajstić information content (AvgIpc) is 2.95. The van der Waals surface area contributed by atoms with E-state index in [1.807, 2.05) is 6.07 Å². The standard InChI is InChI=1S/C28H22N4O4/c33-25(20-13-6-2-7-14-20)29-31-27(35)22-17-10-18-23(24(22)19-11-4-1-5-12-19)28(36)32-30-26(34)21-15-8-3-9-16-21/h1-18H,(H,29,33)(H,30,34)(H,31,35)(H,32,36). The zero-order valence-electron chi connectivity index (χ0n) is 19.0. The maximum Gasteiger partial charge on any atom is 0.270 e. The number of carbonyl (C=O) groups is 4. The van der Waals surface area contributed by atoms with Crippen LogP contribution in [0, 0.1) is 0 Å². The van der Waals surface area contributed by atoms with Gasteiger partial charge in [0.05, 0.1) is 0 Å². The van der Waals surface area contributed by atoms with Gasteiger partial charge in [0.25, 0.3) is 23.6 Å². The van der Waals surface area contributed by atoms with Crippen molar-refractivity contribution in [2.75, 3.05) is 0 Å². The van der Waals surface area contributed by atoms with E-state index in [4.69, 9.17) is 0 Å². The number of hydrogen-bond donors (Lipinski definition) is 4. The summed E-state index contributed by atoms with van der Waals surface area (Å²) < 4.78 is 0. The Balaban J connectivity index is 1.57. The third kappa shape index (κ3) is 5.63. The molecule has 0 aliphatic rings. The number of rotatable bonds is 5. The first-order valence-corrected chi connectivity index (χ1v) is 11.0. The summed E-state index contributed by atoms with van der Waals surface area (Å²) >= 11 is 0. The highest BCUT2D eigenvalue weighted by molar-refractivity contribution is 6.10. The summed E-state index contributed by atoms with van der Waals surface area (Å²) in [5.74, 6) is -2.19. The highest BCUT2D eigenvalue weighted by Crippen LogP contribution is 2.28. The first-order chi connectivity index (χ1) is 17.5. The molecule has 0 saturated heterocycles. The van der Waals surface area contributed by atoms with Crippen molar-refractivity contribution in [2.24, 2.45) is 0 Å². The molecule has 0 atom stereocenters. The zero-order valence-corrected chi connectivity index (χ0v) is 19.0. The molecule has 0 aliphatic heterocycles. The van der Waals surface area contributed by atoms with Gasteiger partial charge in [0, 0.05) is 27.8 Å². The quantitative estimate of drug-likeness (QED) is 0.329. The molecule has 178 valence electrons. The number of amides is 4. The normalized spacial score (nSPS) is 10.1. The lowest BCUT2D eigenvalue weighted by Gasteiger charge is -2.16. The van der Waals surface area contributed by atoms with Crippen LogP contribution in [0.15, 0.2) is 109 Å². The van der Waals surface area contributed by atoms with Crippen molar-refractivity contribution < 1.29 is 19.2 Å². The Morgan fingerprint density at radius 1 is 0.389 bits per heavy atom. The summed E-state index contributed by atoms with van der Waals surface area (Å²) in [6.45, 7) is 0. The van der Waals surface area contributed by atoms with Gasteiger partial charge in [-0.1, -0.05) is 72.8 Å². The van der Waals surface area contributed by atoms with E-state index >= 15 is 0 Å². The maximum atomic E-state index is 13.1. The van der Waals surface area contributed by atoms with Crippen LogP contribution >= 0.6 is 0 Å². The van der Waals surface area contributed by atoms with E-state index in [2.05, 4.69) is 21.7 Å². The number of hydrazine groups is 2. The molecule has 4 N–H and O–H groups in total. The van der Waals surface area contributed by atoms with Gasteiger partial charge in [0.1, 0.15) is 0 Å². The Bertz CT molecular complexity index is 1310. The largest absolute Gasteiger partial charge is 0.270 e. The molecule has 0 fully saturated rings.